The number of aromatic nitrogens is 1. The van der Waals surface area contributed by atoms with Crippen LogP contribution in [0.4, 0.5) is 0 Å². The summed E-state index contributed by atoms with van der Waals surface area (Å²) in [5, 5.41) is 12.5. The van der Waals surface area contributed by atoms with Crippen molar-refractivity contribution >= 4 is 22.8 Å². The molecule has 1 heterocycles. The fraction of sp³-hybridized carbons (Fsp3) is 0.412. The van der Waals surface area contributed by atoms with E-state index in [1.165, 1.54) is 0 Å². The van der Waals surface area contributed by atoms with Crippen molar-refractivity contribution < 1.29 is 19.4 Å². The Morgan fingerprint density at radius 1 is 1.35 bits per heavy atom. The number of aliphatic carboxylic acids is 1. The molecule has 1 atom stereocenters. The van der Waals surface area contributed by atoms with Crippen LogP contribution in [0.15, 0.2) is 30.5 Å². The molecule has 0 saturated carbocycles. The summed E-state index contributed by atoms with van der Waals surface area (Å²) in [6.07, 6.45) is 2.27. The molecule has 124 valence electrons. The molecule has 2 N–H and O–H groups in total. The van der Waals surface area contributed by atoms with Crippen molar-refractivity contribution in [2.45, 2.75) is 32.4 Å². The molecule has 2 rings (SSSR count). The number of carboxylic acid groups (broad SMARTS) is 1. The fourth-order valence-electron chi connectivity index (χ4n) is 2.52. The van der Waals surface area contributed by atoms with Crippen LogP contribution in [0, 0.1) is 0 Å². The second-order valence-electron chi connectivity index (χ2n) is 5.55. The molecule has 2 aromatic rings. The Morgan fingerprint density at radius 2 is 2.09 bits per heavy atom. The molecule has 0 aliphatic carbocycles. The van der Waals surface area contributed by atoms with E-state index in [-0.39, 0.29) is 18.4 Å². The number of rotatable bonds is 8. The van der Waals surface area contributed by atoms with Gasteiger partial charge in [-0.05, 0) is 19.4 Å². The number of amides is 1. The SMILES string of the molecule is COCCn1cc(C(=O)NC(C)CCC(=O)O)c2ccccc21. The van der Waals surface area contributed by atoms with Crippen molar-refractivity contribution in [2.24, 2.45) is 0 Å². The quantitative estimate of drug-likeness (QED) is 0.782. The molecule has 0 fully saturated rings. The Morgan fingerprint density at radius 3 is 2.78 bits per heavy atom. The van der Waals surface area contributed by atoms with Crippen molar-refractivity contribution in [1.82, 2.24) is 9.88 Å². The van der Waals surface area contributed by atoms with Gasteiger partial charge < -0.3 is 19.7 Å². The average Bonchev–Trinajstić information content (AvgIpc) is 2.90. The van der Waals surface area contributed by atoms with Crippen LogP contribution in [0.5, 0.6) is 0 Å². The maximum Gasteiger partial charge on any atom is 0.303 e. The molecule has 1 unspecified atom stereocenters. The third-order valence-corrected chi connectivity index (χ3v) is 3.74. The Bertz CT molecular complexity index is 693. The van der Waals surface area contributed by atoms with Gasteiger partial charge in [0.2, 0.25) is 0 Å². The molecule has 23 heavy (non-hydrogen) atoms. The zero-order valence-corrected chi connectivity index (χ0v) is 13.4. The molecule has 1 aromatic heterocycles. The smallest absolute Gasteiger partial charge is 0.303 e. The molecule has 0 bridgehead atoms. The first kappa shape index (κ1) is 17.0. The second kappa shape index (κ2) is 7.78. The fourth-order valence-corrected chi connectivity index (χ4v) is 2.52. The number of nitrogens with one attached hydrogen (secondary N) is 1. The van der Waals surface area contributed by atoms with Crippen LogP contribution in [0.3, 0.4) is 0 Å². The first-order valence-electron chi connectivity index (χ1n) is 7.62. The molecular weight excluding hydrogens is 296 g/mol. The van der Waals surface area contributed by atoms with Gasteiger partial charge in [-0.15, -0.1) is 0 Å². The lowest BCUT2D eigenvalue weighted by Crippen LogP contribution is -2.32. The molecule has 0 radical (unpaired) electrons. The monoisotopic (exact) mass is 318 g/mol. The van der Waals surface area contributed by atoms with Gasteiger partial charge in [-0.1, -0.05) is 18.2 Å². The predicted octanol–water partition coefficient (Wildman–Crippen LogP) is 2.27. The van der Waals surface area contributed by atoms with Crippen LogP contribution in [0.1, 0.15) is 30.1 Å². The summed E-state index contributed by atoms with van der Waals surface area (Å²) in [5.41, 5.74) is 1.58. The van der Waals surface area contributed by atoms with Crippen LogP contribution in [0.2, 0.25) is 0 Å². The van der Waals surface area contributed by atoms with Gasteiger partial charge in [0.1, 0.15) is 0 Å². The minimum Gasteiger partial charge on any atom is -0.481 e. The third-order valence-electron chi connectivity index (χ3n) is 3.74. The highest BCUT2D eigenvalue weighted by Crippen LogP contribution is 2.21. The highest BCUT2D eigenvalue weighted by Gasteiger charge is 2.17. The largest absolute Gasteiger partial charge is 0.481 e. The number of fused-ring (bicyclic) bond motifs is 1. The van der Waals surface area contributed by atoms with E-state index in [0.717, 1.165) is 10.9 Å². The lowest BCUT2D eigenvalue weighted by atomic mass is 10.1. The van der Waals surface area contributed by atoms with Crippen LogP contribution < -0.4 is 5.32 Å². The number of methoxy groups -OCH3 is 1. The van der Waals surface area contributed by atoms with Gasteiger partial charge in [-0.3, -0.25) is 9.59 Å². The lowest BCUT2D eigenvalue weighted by molar-refractivity contribution is -0.137. The molecule has 6 nitrogen and oxygen atoms in total. The molecule has 0 aliphatic heterocycles. The number of benzene rings is 1. The summed E-state index contributed by atoms with van der Waals surface area (Å²) in [5.74, 6) is -1.04. The molecule has 1 aromatic carbocycles. The van der Waals surface area contributed by atoms with Crippen LogP contribution in [-0.4, -0.2) is 41.3 Å². The van der Waals surface area contributed by atoms with Crippen LogP contribution in [0.25, 0.3) is 10.9 Å². The van der Waals surface area contributed by atoms with Crippen molar-refractivity contribution in [3.8, 4) is 0 Å². The van der Waals surface area contributed by atoms with Gasteiger partial charge in [0.05, 0.1) is 12.2 Å². The van der Waals surface area contributed by atoms with E-state index < -0.39 is 5.97 Å². The predicted molar refractivity (Wildman–Crippen MR) is 87.6 cm³/mol. The van der Waals surface area contributed by atoms with Gasteiger partial charge >= 0.3 is 5.97 Å². The molecule has 0 aliphatic rings. The van der Waals surface area contributed by atoms with E-state index in [9.17, 15) is 9.59 Å². The standard InChI is InChI=1S/C17H22N2O4/c1-12(7-8-16(20)21)18-17(22)14-11-19(9-10-23-2)15-6-4-3-5-13(14)15/h3-6,11-12H,7-10H2,1-2H3,(H,18,22)(H,20,21). The van der Waals surface area contributed by atoms with Crippen LogP contribution in [-0.2, 0) is 16.1 Å². The minimum absolute atomic E-state index is 0.0387. The number of hydrogen-bond donors (Lipinski definition) is 2. The molecular formula is C17H22N2O4. The van der Waals surface area contributed by atoms with Crippen molar-refractivity contribution in [3.63, 3.8) is 0 Å². The summed E-state index contributed by atoms with van der Waals surface area (Å²) in [4.78, 5) is 23.1. The molecule has 1 amide bonds. The lowest BCUT2D eigenvalue weighted by Gasteiger charge is -2.12. The summed E-state index contributed by atoms with van der Waals surface area (Å²) >= 11 is 0. The van der Waals surface area contributed by atoms with Gasteiger partial charge in [0.25, 0.3) is 5.91 Å². The number of para-hydroxylation sites is 1. The minimum atomic E-state index is -0.859. The van der Waals surface area contributed by atoms with Gasteiger partial charge in [0.15, 0.2) is 0 Å². The number of carbonyl (C=O) groups is 2. The number of carboxylic acids is 1. The Labute approximate surface area is 135 Å². The highest BCUT2D eigenvalue weighted by atomic mass is 16.5. The van der Waals surface area contributed by atoms with E-state index in [4.69, 9.17) is 9.84 Å². The normalized spacial score (nSPS) is 12.3. The van der Waals surface area contributed by atoms with E-state index in [1.54, 1.807) is 7.11 Å². The topological polar surface area (TPSA) is 80.6 Å². The number of carbonyl (C=O) groups excluding carboxylic acids is 1. The van der Waals surface area contributed by atoms with Crippen molar-refractivity contribution in [3.05, 3.63) is 36.0 Å². The average molecular weight is 318 g/mol. The Hall–Kier alpha value is -2.34. The number of ether oxygens (including phenoxy) is 1. The molecule has 0 saturated heterocycles. The Balaban J connectivity index is 2.18. The number of hydrogen-bond acceptors (Lipinski definition) is 3. The summed E-state index contributed by atoms with van der Waals surface area (Å²) in [7, 11) is 1.64. The van der Waals surface area contributed by atoms with Crippen LogP contribution >= 0.6 is 0 Å². The van der Waals surface area contributed by atoms with Gasteiger partial charge in [-0.2, -0.15) is 0 Å². The first-order chi connectivity index (χ1) is 11.0. The maximum absolute atomic E-state index is 12.5. The van der Waals surface area contributed by atoms with Crippen molar-refractivity contribution in [1.29, 1.82) is 0 Å². The second-order valence-corrected chi connectivity index (χ2v) is 5.55. The zero-order chi connectivity index (χ0) is 16.8. The summed E-state index contributed by atoms with van der Waals surface area (Å²) in [6.45, 7) is 3.04. The molecule has 0 spiro atoms. The third kappa shape index (κ3) is 4.32. The molecule has 6 heteroatoms. The van der Waals surface area contributed by atoms with Gasteiger partial charge in [0, 0.05) is 43.2 Å². The summed E-state index contributed by atoms with van der Waals surface area (Å²) < 4.78 is 7.10. The van der Waals surface area contributed by atoms with E-state index >= 15 is 0 Å². The van der Waals surface area contributed by atoms with Crippen molar-refractivity contribution in [2.75, 3.05) is 13.7 Å². The van der Waals surface area contributed by atoms with E-state index in [0.29, 0.717) is 25.1 Å². The maximum atomic E-state index is 12.5. The van der Waals surface area contributed by atoms with E-state index in [1.807, 2.05) is 42.0 Å². The highest BCUT2D eigenvalue weighted by molar-refractivity contribution is 6.07. The number of nitrogens with zero attached hydrogens (tertiary/aromatic N) is 1. The van der Waals surface area contributed by atoms with Gasteiger partial charge in [-0.25, -0.2) is 0 Å². The Kier molecular flexibility index (Phi) is 5.76. The zero-order valence-electron chi connectivity index (χ0n) is 13.4. The first-order valence-corrected chi connectivity index (χ1v) is 7.62. The summed E-state index contributed by atoms with van der Waals surface area (Å²) in [6, 6.07) is 7.52. The van der Waals surface area contributed by atoms with E-state index in [2.05, 4.69) is 5.32 Å².